The van der Waals surface area contributed by atoms with E-state index in [1.807, 2.05) is 6.07 Å². The Hall–Kier alpha value is -3.33. The Morgan fingerprint density at radius 3 is 2.61 bits per heavy atom. The molecule has 3 atom stereocenters. The molecular weight excluding hydrogens is 448 g/mol. The van der Waals surface area contributed by atoms with Gasteiger partial charge < -0.3 is 5.73 Å². The molecule has 1 aliphatic carbocycles. The molecular formula is C23H22ClF2N7. The lowest BCUT2D eigenvalue weighted by atomic mass is 10.0. The van der Waals surface area contributed by atoms with Crippen LogP contribution in [0.4, 0.5) is 14.5 Å². The van der Waals surface area contributed by atoms with Gasteiger partial charge in [-0.1, -0.05) is 34.9 Å². The lowest BCUT2D eigenvalue weighted by Gasteiger charge is -2.18. The van der Waals surface area contributed by atoms with Crippen molar-refractivity contribution in [1.82, 2.24) is 29.8 Å². The largest absolute Gasteiger partial charge is 0.398 e. The van der Waals surface area contributed by atoms with Crippen LogP contribution in [-0.2, 0) is 7.05 Å². The highest BCUT2D eigenvalue weighted by Gasteiger charge is 2.36. The smallest absolute Gasteiger partial charge is 0.260 e. The monoisotopic (exact) mass is 469 g/mol. The van der Waals surface area contributed by atoms with Crippen LogP contribution in [0, 0.1) is 23.6 Å². The summed E-state index contributed by atoms with van der Waals surface area (Å²) < 4.78 is 31.9. The lowest BCUT2D eigenvalue weighted by molar-refractivity contribution is 0.445. The van der Waals surface area contributed by atoms with Crippen molar-refractivity contribution in [2.75, 3.05) is 5.73 Å². The number of halogens is 3. The summed E-state index contributed by atoms with van der Waals surface area (Å²) in [6.07, 6.45) is 6.96. The number of aromatic nitrogens is 6. The molecule has 3 heterocycles. The molecule has 0 radical (unpaired) electrons. The number of pyridine rings is 1. The predicted octanol–water partition coefficient (Wildman–Crippen LogP) is 4.89. The molecule has 5 rings (SSSR count). The Kier molecular flexibility index (Phi) is 5.36. The minimum Gasteiger partial charge on any atom is -0.398 e. The van der Waals surface area contributed by atoms with Gasteiger partial charge in [0.05, 0.1) is 23.0 Å². The molecule has 0 aliphatic heterocycles. The lowest BCUT2D eigenvalue weighted by Crippen LogP contribution is -2.14. The van der Waals surface area contributed by atoms with Crippen LogP contribution in [0.2, 0.25) is 5.02 Å². The Balaban J connectivity index is 1.50. The average Bonchev–Trinajstić information content (AvgIpc) is 3.14. The van der Waals surface area contributed by atoms with E-state index in [2.05, 4.69) is 27.3 Å². The number of nitrogens with zero attached hydrogens (tertiary/aromatic N) is 6. The van der Waals surface area contributed by atoms with Crippen LogP contribution in [0.5, 0.6) is 0 Å². The third-order valence-corrected chi connectivity index (χ3v) is 6.62. The number of nitrogens with two attached hydrogens (primary N) is 1. The molecule has 2 N–H and O–H groups in total. The highest BCUT2D eigenvalue weighted by atomic mass is 35.5. The molecule has 4 aromatic rings. The van der Waals surface area contributed by atoms with Gasteiger partial charge in [0, 0.05) is 41.8 Å². The van der Waals surface area contributed by atoms with Gasteiger partial charge in [-0.05, 0) is 42.9 Å². The highest BCUT2D eigenvalue weighted by molar-refractivity contribution is 6.31. The summed E-state index contributed by atoms with van der Waals surface area (Å²) >= 11 is 5.94. The Labute approximate surface area is 194 Å². The van der Waals surface area contributed by atoms with Crippen molar-refractivity contribution in [3.8, 4) is 22.4 Å². The number of aryl methyl sites for hydroxylation is 1. The summed E-state index contributed by atoms with van der Waals surface area (Å²) in [7, 11) is 1.63. The Bertz CT molecular complexity index is 1300. The third kappa shape index (κ3) is 3.97. The molecule has 1 saturated carbocycles. The van der Waals surface area contributed by atoms with E-state index in [9.17, 15) is 8.78 Å². The van der Waals surface area contributed by atoms with E-state index in [1.165, 1.54) is 10.7 Å². The number of anilines is 1. The molecule has 170 valence electrons. The van der Waals surface area contributed by atoms with Crippen LogP contribution in [-0.4, -0.2) is 29.8 Å². The van der Waals surface area contributed by atoms with Gasteiger partial charge in [0.25, 0.3) is 5.95 Å². The van der Waals surface area contributed by atoms with E-state index < -0.39 is 11.8 Å². The molecule has 1 fully saturated rings. The minimum atomic E-state index is -0.645. The molecule has 1 aliphatic rings. The molecule has 0 bridgehead atoms. The zero-order valence-electron chi connectivity index (χ0n) is 18.1. The SMILES string of the molecule is CC1CC1CC(c1ccc(-c2c(N)ccc(Cl)c2F)cn1)n1cc(-c2c(F)nnn2C)cn1. The van der Waals surface area contributed by atoms with Crippen LogP contribution >= 0.6 is 11.6 Å². The molecule has 0 amide bonds. The van der Waals surface area contributed by atoms with E-state index >= 15 is 0 Å². The molecule has 10 heteroatoms. The van der Waals surface area contributed by atoms with E-state index in [1.54, 1.807) is 42.5 Å². The Morgan fingerprint density at radius 1 is 1.18 bits per heavy atom. The molecule has 7 nitrogen and oxygen atoms in total. The van der Waals surface area contributed by atoms with Gasteiger partial charge in [-0.3, -0.25) is 9.67 Å². The van der Waals surface area contributed by atoms with Gasteiger partial charge in [-0.25, -0.2) is 9.07 Å². The molecule has 3 unspecified atom stereocenters. The average molecular weight is 470 g/mol. The van der Waals surface area contributed by atoms with Crippen molar-refractivity contribution >= 4 is 17.3 Å². The second kappa shape index (κ2) is 8.22. The van der Waals surface area contributed by atoms with E-state index in [4.69, 9.17) is 17.3 Å². The van der Waals surface area contributed by atoms with Crippen LogP contribution < -0.4 is 5.73 Å². The summed E-state index contributed by atoms with van der Waals surface area (Å²) in [5.74, 6) is -0.0211. The topological polar surface area (TPSA) is 87.4 Å². The number of rotatable bonds is 6. The quantitative estimate of drug-likeness (QED) is 0.406. The van der Waals surface area contributed by atoms with Crippen LogP contribution in [0.3, 0.4) is 0 Å². The molecule has 3 aromatic heterocycles. The van der Waals surface area contributed by atoms with Gasteiger partial charge >= 0.3 is 0 Å². The van der Waals surface area contributed by atoms with Gasteiger partial charge in [-0.2, -0.15) is 9.49 Å². The van der Waals surface area contributed by atoms with E-state index in [-0.39, 0.29) is 22.3 Å². The molecule has 0 saturated heterocycles. The molecule has 1 aromatic carbocycles. The molecule has 33 heavy (non-hydrogen) atoms. The first-order valence-electron chi connectivity index (χ1n) is 10.6. The van der Waals surface area contributed by atoms with E-state index in [0.29, 0.717) is 28.7 Å². The summed E-state index contributed by atoms with van der Waals surface area (Å²) in [6.45, 7) is 2.22. The standard InChI is InChI=1S/C23H22ClF2N7/c1-12-7-14(12)8-19(33-11-15(10-29-33)22-23(26)30-31-32(22)2)18-6-3-13(9-28-18)20-17(27)5-4-16(24)21(20)25/h3-6,9-12,14,19H,7-8,27H2,1-2H3. The van der Waals surface area contributed by atoms with Crippen molar-refractivity contribution in [3.05, 3.63) is 65.3 Å². The fourth-order valence-corrected chi connectivity index (χ4v) is 4.41. The second-order valence-corrected chi connectivity index (χ2v) is 8.99. The first-order valence-corrected chi connectivity index (χ1v) is 11.0. The zero-order valence-corrected chi connectivity index (χ0v) is 18.8. The van der Waals surface area contributed by atoms with Crippen LogP contribution in [0.15, 0.2) is 42.9 Å². The highest BCUT2D eigenvalue weighted by Crippen LogP contribution is 2.45. The predicted molar refractivity (Wildman–Crippen MR) is 121 cm³/mol. The van der Waals surface area contributed by atoms with Crippen molar-refractivity contribution in [2.45, 2.75) is 25.8 Å². The van der Waals surface area contributed by atoms with Crippen LogP contribution in [0.25, 0.3) is 22.4 Å². The number of nitrogen functional groups attached to an aromatic ring is 1. The number of benzene rings is 1. The van der Waals surface area contributed by atoms with Gasteiger partial charge in [0.1, 0.15) is 5.69 Å². The second-order valence-electron chi connectivity index (χ2n) is 8.58. The molecule has 0 spiro atoms. The summed E-state index contributed by atoms with van der Waals surface area (Å²) in [4.78, 5) is 4.63. The van der Waals surface area contributed by atoms with Crippen molar-refractivity contribution in [3.63, 3.8) is 0 Å². The van der Waals surface area contributed by atoms with Gasteiger partial charge in [-0.15, -0.1) is 0 Å². The van der Waals surface area contributed by atoms with Crippen molar-refractivity contribution in [2.24, 2.45) is 18.9 Å². The maximum Gasteiger partial charge on any atom is 0.260 e. The number of hydrogen-bond acceptors (Lipinski definition) is 5. The van der Waals surface area contributed by atoms with Crippen molar-refractivity contribution < 1.29 is 8.78 Å². The Morgan fingerprint density at radius 2 is 1.97 bits per heavy atom. The third-order valence-electron chi connectivity index (χ3n) is 6.33. The van der Waals surface area contributed by atoms with Crippen LogP contribution in [0.1, 0.15) is 31.5 Å². The summed E-state index contributed by atoms with van der Waals surface area (Å²) in [5.41, 5.74) is 8.68. The first-order chi connectivity index (χ1) is 15.8. The van der Waals surface area contributed by atoms with Crippen molar-refractivity contribution in [1.29, 1.82) is 0 Å². The number of hydrogen-bond donors (Lipinski definition) is 1. The maximum absolute atomic E-state index is 14.6. The maximum atomic E-state index is 14.6. The fraction of sp³-hybridized carbons (Fsp3) is 0.304. The fourth-order valence-electron chi connectivity index (χ4n) is 4.26. The van der Waals surface area contributed by atoms with Gasteiger partial charge in [0.2, 0.25) is 0 Å². The minimum absolute atomic E-state index is 0.00447. The summed E-state index contributed by atoms with van der Waals surface area (Å²) in [5, 5.41) is 11.7. The normalized spacial score (nSPS) is 18.5. The van der Waals surface area contributed by atoms with Gasteiger partial charge in [0.15, 0.2) is 5.82 Å². The first kappa shape index (κ1) is 21.5. The van der Waals surface area contributed by atoms with E-state index in [0.717, 1.165) is 18.5 Å². The zero-order chi connectivity index (χ0) is 23.3. The summed E-state index contributed by atoms with van der Waals surface area (Å²) in [6, 6.07) is 6.48.